The highest BCUT2D eigenvalue weighted by Gasteiger charge is 2.41. The van der Waals surface area contributed by atoms with Gasteiger partial charge in [-0.15, -0.1) is 0 Å². The molecule has 0 unspecified atom stereocenters. The molecule has 3 heterocycles. The summed E-state index contributed by atoms with van der Waals surface area (Å²) in [6.07, 6.45) is 0. The molecule has 0 fully saturated rings. The highest BCUT2D eigenvalue weighted by molar-refractivity contribution is 7.19. The van der Waals surface area contributed by atoms with Crippen LogP contribution in [0.3, 0.4) is 0 Å². The molecular weight excluding hydrogens is 935 g/mol. The molecule has 15 rings (SSSR count). The highest BCUT2D eigenvalue weighted by atomic mass is 28.3. The second-order valence-corrected chi connectivity index (χ2v) is 23.8. The van der Waals surface area contributed by atoms with Gasteiger partial charge >= 0.3 is 0 Å². The molecule has 0 atom stereocenters. The van der Waals surface area contributed by atoms with Crippen LogP contribution in [0.4, 0.5) is 0 Å². The Morgan fingerprint density at radius 3 is 1.14 bits per heavy atom. The van der Waals surface area contributed by atoms with Crippen LogP contribution in [-0.2, 0) is 0 Å². The molecule has 12 aromatic carbocycles. The largest absolute Gasteiger partial charge is 0.309 e. The van der Waals surface area contributed by atoms with Crippen molar-refractivity contribution in [2.45, 2.75) is 0 Å². The van der Waals surface area contributed by atoms with Gasteiger partial charge in [0.05, 0.1) is 38.8 Å². The van der Waals surface area contributed by atoms with Crippen molar-refractivity contribution < 1.29 is 0 Å². The van der Waals surface area contributed by atoms with Crippen LogP contribution >= 0.6 is 0 Å². The third kappa shape index (κ3) is 6.74. The Bertz CT molecular complexity index is 4520. The van der Waals surface area contributed by atoms with E-state index in [4.69, 9.17) is 0 Å². The summed E-state index contributed by atoms with van der Waals surface area (Å²) in [6, 6.07) is 110. The van der Waals surface area contributed by atoms with Crippen molar-refractivity contribution in [3.63, 3.8) is 0 Å². The predicted molar refractivity (Wildman–Crippen MR) is 324 cm³/mol. The lowest BCUT2D eigenvalue weighted by atomic mass is 10.0. The SMILES string of the molecule is c1ccc(-c2ccc3c(c2)c2ccccc2n3-c2cccc3c2c2ccccc2n3-c2cc(-c3ccc([Si](c4ccccc4)(c4ccccc4)c4ccccc4)cc3)cc(-n3c4ccccc4c4ccccc43)c2)cc1. The fraction of sp³-hybridized carbons (Fsp3) is 0. The van der Waals surface area contributed by atoms with Crippen molar-refractivity contribution in [3.05, 3.63) is 297 Å². The van der Waals surface area contributed by atoms with Gasteiger partial charge in [0.2, 0.25) is 0 Å². The molecule has 0 aliphatic carbocycles. The standard InChI is InChI=1S/C72H49N3Si/c1-5-22-50(23-6-1)52-42-45-69-64(48-52)62-32-15-19-36-67(62)75(69)71-39-21-38-70-72(71)63-33-16-20-37-68(63)74(70)55-47-53(46-54(49-55)73-65-34-17-13-30-60(65)61-31-14-18-35-66(61)73)51-40-43-59(44-41-51)76(56-24-7-2-8-25-56,57-26-9-3-10-27-57)58-28-11-4-12-29-58/h1-49H. The summed E-state index contributed by atoms with van der Waals surface area (Å²) < 4.78 is 7.46. The van der Waals surface area contributed by atoms with E-state index in [0.29, 0.717) is 0 Å². The minimum Gasteiger partial charge on any atom is -0.309 e. The van der Waals surface area contributed by atoms with E-state index in [-0.39, 0.29) is 0 Å². The zero-order chi connectivity index (χ0) is 50.2. The van der Waals surface area contributed by atoms with Crippen LogP contribution in [-0.4, -0.2) is 21.8 Å². The van der Waals surface area contributed by atoms with Gasteiger partial charge in [-0.25, -0.2) is 0 Å². The van der Waals surface area contributed by atoms with Crippen molar-refractivity contribution in [1.82, 2.24) is 13.7 Å². The molecule has 0 aliphatic heterocycles. The Kier molecular flexibility index (Phi) is 10.2. The molecule has 3 nitrogen and oxygen atoms in total. The van der Waals surface area contributed by atoms with Gasteiger partial charge in [-0.05, 0) is 110 Å². The number of aromatic nitrogens is 3. The maximum Gasteiger partial charge on any atom is 0.179 e. The lowest BCUT2D eigenvalue weighted by molar-refractivity contribution is 1.13. The fourth-order valence-corrected chi connectivity index (χ4v) is 17.4. The van der Waals surface area contributed by atoms with Gasteiger partial charge in [0.25, 0.3) is 0 Å². The zero-order valence-corrected chi connectivity index (χ0v) is 42.6. The quantitative estimate of drug-likeness (QED) is 0.101. The van der Waals surface area contributed by atoms with E-state index in [2.05, 4.69) is 311 Å². The summed E-state index contributed by atoms with van der Waals surface area (Å²) in [7, 11) is -2.75. The first-order chi connectivity index (χ1) is 37.7. The third-order valence-electron chi connectivity index (χ3n) is 16.0. The van der Waals surface area contributed by atoms with Crippen LogP contribution in [0.15, 0.2) is 297 Å². The number of fused-ring (bicyclic) bond motifs is 9. The van der Waals surface area contributed by atoms with E-state index >= 15 is 0 Å². The molecule has 0 aliphatic rings. The van der Waals surface area contributed by atoms with Crippen LogP contribution in [0, 0.1) is 0 Å². The molecule has 0 radical (unpaired) electrons. The normalized spacial score (nSPS) is 11.9. The minimum absolute atomic E-state index is 1.10. The van der Waals surface area contributed by atoms with E-state index in [0.717, 1.165) is 39.2 Å². The zero-order valence-electron chi connectivity index (χ0n) is 41.6. The maximum absolute atomic E-state index is 2.75. The van der Waals surface area contributed by atoms with Crippen LogP contribution in [0.1, 0.15) is 0 Å². The number of nitrogens with zero attached hydrogens (tertiary/aromatic N) is 3. The van der Waals surface area contributed by atoms with Gasteiger partial charge in [0, 0.05) is 43.7 Å². The second-order valence-electron chi connectivity index (χ2n) is 20.0. The summed E-state index contributed by atoms with van der Waals surface area (Å²) in [4.78, 5) is 0. The monoisotopic (exact) mass is 983 g/mol. The minimum atomic E-state index is -2.75. The molecule has 0 N–H and O–H groups in total. The number of hydrogen-bond donors (Lipinski definition) is 0. The van der Waals surface area contributed by atoms with Gasteiger partial charge in [-0.3, -0.25) is 0 Å². The van der Waals surface area contributed by atoms with E-state index in [9.17, 15) is 0 Å². The molecule has 4 heteroatoms. The highest BCUT2D eigenvalue weighted by Crippen LogP contribution is 2.42. The number of hydrogen-bond acceptors (Lipinski definition) is 0. The average molecular weight is 984 g/mol. The Hall–Kier alpha value is -9.74. The molecule has 0 bridgehead atoms. The summed E-state index contributed by atoms with van der Waals surface area (Å²) in [6.45, 7) is 0. The maximum atomic E-state index is 2.50. The second kappa shape index (κ2) is 17.7. The molecule has 356 valence electrons. The number of para-hydroxylation sites is 4. The Balaban J connectivity index is 0.976. The first-order valence-electron chi connectivity index (χ1n) is 26.3. The summed E-state index contributed by atoms with van der Waals surface area (Å²) in [5, 5.41) is 12.8. The van der Waals surface area contributed by atoms with Gasteiger partial charge in [0.1, 0.15) is 0 Å². The Labute approximate surface area is 442 Å². The average Bonchev–Trinajstić information content (AvgIpc) is 4.21. The lowest BCUT2D eigenvalue weighted by Gasteiger charge is -2.34. The van der Waals surface area contributed by atoms with Gasteiger partial charge < -0.3 is 13.7 Å². The lowest BCUT2D eigenvalue weighted by Crippen LogP contribution is -2.74. The van der Waals surface area contributed by atoms with Crippen molar-refractivity contribution in [2.24, 2.45) is 0 Å². The Morgan fingerprint density at radius 1 is 0.211 bits per heavy atom. The molecule has 0 spiro atoms. The first-order valence-corrected chi connectivity index (χ1v) is 28.3. The molecular formula is C72H49N3Si. The number of rotatable bonds is 9. The predicted octanol–water partition coefficient (Wildman–Crippen LogP) is 15.7. The molecule has 76 heavy (non-hydrogen) atoms. The van der Waals surface area contributed by atoms with Crippen LogP contribution < -0.4 is 20.7 Å². The van der Waals surface area contributed by atoms with Crippen LogP contribution in [0.2, 0.25) is 0 Å². The molecule has 15 aromatic rings. The van der Waals surface area contributed by atoms with E-state index in [1.165, 1.54) is 86.3 Å². The molecule has 0 amide bonds. The molecule has 0 saturated heterocycles. The van der Waals surface area contributed by atoms with E-state index in [1.807, 2.05) is 0 Å². The van der Waals surface area contributed by atoms with Crippen molar-refractivity contribution >= 4 is 94.2 Å². The van der Waals surface area contributed by atoms with Crippen molar-refractivity contribution in [3.8, 4) is 39.3 Å². The van der Waals surface area contributed by atoms with Crippen LogP contribution in [0.5, 0.6) is 0 Å². The molecule has 3 aromatic heterocycles. The number of benzene rings is 12. The summed E-state index contributed by atoms with van der Waals surface area (Å²) >= 11 is 0. The smallest absolute Gasteiger partial charge is 0.179 e. The van der Waals surface area contributed by atoms with Gasteiger partial charge in [-0.2, -0.15) is 0 Å². The van der Waals surface area contributed by atoms with E-state index < -0.39 is 8.07 Å². The Morgan fingerprint density at radius 2 is 0.592 bits per heavy atom. The third-order valence-corrected chi connectivity index (χ3v) is 20.8. The summed E-state index contributed by atoms with van der Waals surface area (Å²) in [5.41, 5.74) is 15.1. The van der Waals surface area contributed by atoms with E-state index in [1.54, 1.807) is 0 Å². The van der Waals surface area contributed by atoms with Gasteiger partial charge in [-0.1, -0.05) is 231 Å². The topological polar surface area (TPSA) is 14.8 Å². The van der Waals surface area contributed by atoms with Crippen molar-refractivity contribution in [2.75, 3.05) is 0 Å². The van der Waals surface area contributed by atoms with Crippen molar-refractivity contribution in [1.29, 1.82) is 0 Å². The van der Waals surface area contributed by atoms with Gasteiger partial charge in [0.15, 0.2) is 8.07 Å². The fourth-order valence-electron chi connectivity index (χ4n) is 12.7. The summed E-state index contributed by atoms with van der Waals surface area (Å²) in [5.74, 6) is 0. The molecule has 0 saturated carbocycles. The van der Waals surface area contributed by atoms with Crippen LogP contribution in [0.25, 0.3) is 105 Å². The first kappa shape index (κ1) is 43.8.